The molecule has 0 aliphatic rings. The predicted octanol–water partition coefficient (Wildman–Crippen LogP) is 5.77. The van der Waals surface area contributed by atoms with Crippen molar-refractivity contribution in [3.8, 4) is 5.69 Å². The molecule has 0 bridgehead atoms. The first-order valence-corrected chi connectivity index (χ1v) is 10.2. The number of nitrogens with zero attached hydrogens (tertiary/aromatic N) is 2. The minimum Gasteiger partial charge on any atom is -0.339 e. The van der Waals surface area contributed by atoms with Gasteiger partial charge in [-0.1, -0.05) is 11.6 Å². The highest BCUT2D eigenvalue weighted by molar-refractivity contribution is 8.13. The second kappa shape index (κ2) is 8.76. The quantitative estimate of drug-likeness (QED) is 0.537. The van der Waals surface area contributed by atoms with Crippen LogP contribution in [0.1, 0.15) is 21.7 Å². The number of aryl methyl sites for hydroxylation is 2. The van der Waals surface area contributed by atoms with Crippen LogP contribution in [0.2, 0.25) is 5.02 Å². The lowest BCUT2D eigenvalue weighted by Gasteiger charge is -2.13. The molecular formula is C22H22ClN3O2S. The van der Waals surface area contributed by atoms with Gasteiger partial charge in [0.1, 0.15) is 0 Å². The molecule has 1 N–H and O–H groups in total. The van der Waals surface area contributed by atoms with Crippen molar-refractivity contribution in [2.45, 2.75) is 18.7 Å². The highest BCUT2D eigenvalue weighted by Crippen LogP contribution is 2.25. The summed E-state index contributed by atoms with van der Waals surface area (Å²) < 4.78 is 2.07. The third kappa shape index (κ3) is 4.83. The van der Waals surface area contributed by atoms with Crippen LogP contribution in [0.25, 0.3) is 5.69 Å². The molecule has 0 saturated heterocycles. The topological polar surface area (TPSA) is 54.3 Å². The third-order valence-electron chi connectivity index (χ3n) is 4.41. The molecule has 2 aromatic carbocycles. The van der Waals surface area contributed by atoms with Crippen molar-refractivity contribution in [2.24, 2.45) is 0 Å². The highest BCUT2D eigenvalue weighted by Gasteiger charge is 2.14. The lowest BCUT2D eigenvalue weighted by molar-refractivity contribution is 0.102. The smallest absolute Gasteiger partial charge is 0.285 e. The van der Waals surface area contributed by atoms with Crippen LogP contribution >= 0.6 is 23.4 Å². The van der Waals surface area contributed by atoms with E-state index in [-0.39, 0.29) is 11.1 Å². The fraction of sp³-hybridized carbons (Fsp3) is 0.182. The van der Waals surface area contributed by atoms with Crippen LogP contribution in [0.4, 0.5) is 10.5 Å². The Morgan fingerprint density at radius 1 is 0.966 bits per heavy atom. The van der Waals surface area contributed by atoms with Gasteiger partial charge in [0, 0.05) is 41.8 Å². The largest absolute Gasteiger partial charge is 0.339 e. The maximum absolute atomic E-state index is 12.8. The Hall–Kier alpha value is -2.70. The maximum Gasteiger partial charge on any atom is 0.285 e. The summed E-state index contributed by atoms with van der Waals surface area (Å²) >= 11 is 7.43. The molecule has 5 nitrogen and oxygen atoms in total. The van der Waals surface area contributed by atoms with Crippen molar-refractivity contribution in [3.05, 3.63) is 76.6 Å². The van der Waals surface area contributed by atoms with Gasteiger partial charge in [-0.3, -0.25) is 9.59 Å². The first-order chi connectivity index (χ1) is 13.8. The molecule has 0 aliphatic heterocycles. The molecule has 0 spiro atoms. The standard InChI is InChI=1S/C22H22ClN3O2S/c1-14-5-6-15(2)26(14)17-9-12-20(23)19(13-17)21(27)24-16-7-10-18(11-8-16)29-22(28)25(3)4/h5-13H,1-4H3,(H,24,27). The van der Waals surface area contributed by atoms with Gasteiger partial charge in [0.25, 0.3) is 11.1 Å². The predicted molar refractivity (Wildman–Crippen MR) is 120 cm³/mol. The minimum atomic E-state index is -0.288. The van der Waals surface area contributed by atoms with E-state index in [2.05, 4.69) is 9.88 Å². The fourth-order valence-corrected chi connectivity index (χ4v) is 3.76. The number of halogens is 1. The van der Waals surface area contributed by atoms with Crippen molar-refractivity contribution in [1.29, 1.82) is 0 Å². The van der Waals surface area contributed by atoms with E-state index in [1.54, 1.807) is 50.5 Å². The molecule has 0 fully saturated rings. The molecule has 150 valence electrons. The number of hydrogen-bond donors (Lipinski definition) is 1. The molecule has 0 aliphatic carbocycles. The van der Waals surface area contributed by atoms with Crippen LogP contribution in [0, 0.1) is 13.8 Å². The van der Waals surface area contributed by atoms with E-state index >= 15 is 0 Å². The summed E-state index contributed by atoms with van der Waals surface area (Å²) in [6.07, 6.45) is 0. The van der Waals surface area contributed by atoms with Crippen LogP contribution < -0.4 is 5.32 Å². The summed E-state index contributed by atoms with van der Waals surface area (Å²) in [5.41, 5.74) is 4.07. The van der Waals surface area contributed by atoms with E-state index in [1.807, 2.05) is 32.0 Å². The van der Waals surface area contributed by atoms with E-state index in [0.29, 0.717) is 16.3 Å². The zero-order valence-corrected chi connectivity index (χ0v) is 18.3. The molecule has 3 aromatic rings. The van der Waals surface area contributed by atoms with Crippen molar-refractivity contribution in [1.82, 2.24) is 9.47 Å². The number of hydrogen-bond acceptors (Lipinski definition) is 3. The molecule has 1 heterocycles. The normalized spacial score (nSPS) is 10.7. The summed E-state index contributed by atoms with van der Waals surface area (Å²) in [5, 5.41) is 3.20. The number of aromatic nitrogens is 1. The van der Waals surface area contributed by atoms with Gasteiger partial charge in [-0.25, -0.2) is 0 Å². The van der Waals surface area contributed by atoms with Crippen LogP contribution in [-0.4, -0.2) is 34.7 Å². The number of amides is 2. The lowest BCUT2D eigenvalue weighted by atomic mass is 10.1. The number of benzene rings is 2. The number of anilines is 1. The zero-order valence-electron chi connectivity index (χ0n) is 16.7. The van der Waals surface area contributed by atoms with Gasteiger partial charge in [0.2, 0.25) is 0 Å². The minimum absolute atomic E-state index is 0.0546. The average molecular weight is 428 g/mol. The molecule has 1 aromatic heterocycles. The molecule has 29 heavy (non-hydrogen) atoms. The van der Waals surface area contributed by atoms with Crippen LogP contribution in [0.5, 0.6) is 0 Å². The average Bonchev–Trinajstić information content (AvgIpc) is 3.02. The van der Waals surface area contributed by atoms with Crippen LogP contribution in [0.15, 0.2) is 59.5 Å². The van der Waals surface area contributed by atoms with Gasteiger partial charge in [-0.05, 0) is 80.2 Å². The van der Waals surface area contributed by atoms with Crippen molar-refractivity contribution >= 4 is 40.2 Å². The molecule has 0 radical (unpaired) electrons. The van der Waals surface area contributed by atoms with Gasteiger partial charge < -0.3 is 14.8 Å². The van der Waals surface area contributed by atoms with Gasteiger partial charge in [0.05, 0.1) is 10.6 Å². The molecule has 0 unspecified atom stereocenters. The van der Waals surface area contributed by atoms with Gasteiger partial charge >= 0.3 is 0 Å². The van der Waals surface area contributed by atoms with E-state index in [9.17, 15) is 9.59 Å². The molecular weight excluding hydrogens is 406 g/mol. The lowest BCUT2D eigenvalue weighted by Crippen LogP contribution is -2.16. The van der Waals surface area contributed by atoms with Crippen LogP contribution in [0.3, 0.4) is 0 Å². The Morgan fingerprint density at radius 2 is 1.59 bits per heavy atom. The van der Waals surface area contributed by atoms with E-state index in [1.165, 1.54) is 4.90 Å². The number of nitrogens with one attached hydrogen (secondary N) is 1. The fourth-order valence-electron chi connectivity index (χ4n) is 2.90. The summed E-state index contributed by atoms with van der Waals surface area (Å²) in [6.45, 7) is 4.03. The zero-order chi connectivity index (χ0) is 21.1. The Balaban J connectivity index is 1.79. The van der Waals surface area contributed by atoms with Gasteiger partial charge in [0.15, 0.2) is 0 Å². The SMILES string of the molecule is Cc1ccc(C)n1-c1ccc(Cl)c(C(=O)Nc2ccc(SC(=O)N(C)C)cc2)c1. The summed E-state index contributed by atoms with van der Waals surface area (Å²) in [5.74, 6) is -0.288. The Kier molecular flexibility index (Phi) is 6.35. The van der Waals surface area contributed by atoms with Crippen LogP contribution in [-0.2, 0) is 0 Å². The van der Waals surface area contributed by atoms with Crippen molar-refractivity contribution in [3.63, 3.8) is 0 Å². The molecule has 0 atom stereocenters. The monoisotopic (exact) mass is 427 g/mol. The Labute approximate surface area is 179 Å². The number of rotatable bonds is 4. The summed E-state index contributed by atoms with van der Waals surface area (Å²) in [7, 11) is 3.41. The third-order valence-corrected chi connectivity index (χ3v) is 5.78. The number of thioether (sulfide) groups is 1. The Bertz CT molecular complexity index is 1040. The van der Waals surface area contributed by atoms with Gasteiger partial charge in [-0.2, -0.15) is 0 Å². The molecule has 3 rings (SSSR count). The molecule has 0 saturated carbocycles. The van der Waals surface area contributed by atoms with E-state index in [0.717, 1.165) is 33.7 Å². The highest BCUT2D eigenvalue weighted by atomic mass is 35.5. The summed E-state index contributed by atoms with van der Waals surface area (Å²) in [6, 6.07) is 16.6. The Morgan fingerprint density at radius 3 is 2.17 bits per heavy atom. The molecule has 2 amide bonds. The second-order valence-electron chi connectivity index (χ2n) is 6.86. The number of carbonyl (C=O) groups is 2. The van der Waals surface area contributed by atoms with Crippen molar-refractivity contribution in [2.75, 3.05) is 19.4 Å². The summed E-state index contributed by atoms with van der Waals surface area (Å²) in [4.78, 5) is 26.9. The first-order valence-electron chi connectivity index (χ1n) is 9.01. The molecule has 7 heteroatoms. The second-order valence-corrected chi connectivity index (χ2v) is 8.29. The maximum atomic E-state index is 12.8. The first kappa shape index (κ1) is 21.0. The van der Waals surface area contributed by atoms with E-state index < -0.39 is 0 Å². The number of carbonyl (C=O) groups excluding carboxylic acids is 2. The van der Waals surface area contributed by atoms with Crippen molar-refractivity contribution < 1.29 is 9.59 Å². The van der Waals surface area contributed by atoms with Gasteiger partial charge in [-0.15, -0.1) is 0 Å². The van der Waals surface area contributed by atoms with E-state index in [4.69, 9.17) is 11.6 Å².